The van der Waals surface area contributed by atoms with Gasteiger partial charge in [-0.1, -0.05) is 6.07 Å². The third-order valence-corrected chi connectivity index (χ3v) is 2.94. The molecule has 1 aromatic rings. The summed E-state index contributed by atoms with van der Waals surface area (Å²) in [5.41, 5.74) is 3.69. The van der Waals surface area contributed by atoms with Crippen LogP contribution in [0.5, 0.6) is 0 Å². The van der Waals surface area contributed by atoms with Gasteiger partial charge in [-0.25, -0.2) is 0 Å². The number of nitrogen functional groups attached to an aromatic ring is 1. The number of carboxylic acids is 1. The fourth-order valence-corrected chi connectivity index (χ4v) is 2.04. The number of carboxylic acid groups (broad SMARTS) is 1. The van der Waals surface area contributed by atoms with Crippen LogP contribution in [-0.4, -0.2) is 41.2 Å². The van der Waals surface area contributed by atoms with Crippen LogP contribution in [0.25, 0.3) is 0 Å². The number of methoxy groups -OCH3 is 1. The van der Waals surface area contributed by atoms with Crippen molar-refractivity contribution in [3.05, 3.63) is 33.9 Å². The standard InChI is InChI=1S/C13H17N3O6/c1-13(7-22-2,6-10(17)18)15-12(19)8-4-3-5-9(11(8)14)16(20)21/h3-5H,6-7,14H2,1-2H3,(H,15,19)(H,17,18). The number of nitrogens with zero attached hydrogens (tertiary/aromatic N) is 1. The van der Waals surface area contributed by atoms with Gasteiger partial charge in [0.2, 0.25) is 0 Å². The molecule has 1 amide bonds. The number of amides is 1. The van der Waals surface area contributed by atoms with E-state index in [0.29, 0.717) is 0 Å². The molecule has 0 heterocycles. The third kappa shape index (κ3) is 4.16. The number of carbonyl (C=O) groups excluding carboxylic acids is 1. The van der Waals surface area contributed by atoms with Crippen molar-refractivity contribution in [1.82, 2.24) is 5.32 Å². The molecule has 1 atom stereocenters. The van der Waals surface area contributed by atoms with Crippen molar-refractivity contribution in [2.45, 2.75) is 18.9 Å². The molecule has 0 bridgehead atoms. The minimum Gasteiger partial charge on any atom is -0.481 e. The van der Waals surface area contributed by atoms with E-state index in [1.54, 1.807) is 0 Å². The van der Waals surface area contributed by atoms with Crippen molar-refractivity contribution in [3.63, 3.8) is 0 Å². The Balaban J connectivity index is 3.08. The van der Waals surface area contributed by atoms with Gasteiger partial charge in [0.1, 0.15) is 5.69 Å². The number of carbonyl (C=O) groups is 2. The Morgan fingerprint density at radius 3 is 2.64 bits per heavy atom. The lowest BCUT2D eigenvalue weighted by atomic mass is 9.98. The van der Waals surface area contributed by atoms with Crippen LogP contribution in [0, 0.1) is 10.1 Å². The average Bonchev–Trinajstić information content (AvgIpc) is 2.37. The number of nitrogens with two attached hydrogens (primary N) is 1. The van der Waals surface area contributed by atoms with Crippen molar-refractivity contribution in [1.29, 1.82) is 0 Å². The molecule has 0 fully saturated rings. The summed E-state index contributed by atoms with van der Waals surface area (Å²) in [7, 11) is 1.37. The molecule has 0 aliphatic carbocycles. The second kappa shape index (κ2) is 6.85. The van der Waals surface area contributed by atoms with Gasteiger partial charge in [-0.15, -0.1) is 0 Å². The lowest BCUT2D eigenvalue weighted by molar-refractivity contribution is -0.383. The number of hydrogen-bond donors (Lipinski definition) is 3. The molecule has 0 spiro atoms. The monoisotopic (exact) mass is 311 g/mol. The first-order chi connectivity index (χ1) is 10.2. The van der Waals surface area contributed by atoms with E-state index in [1.165, 1.54) is 32.2 Å². The molecule has 1 aromatic carbocycles. The fraction of sp³-hybridized carbons (Fsp3) is 0.385. The highest BCUT2D eigenvalue weighted by Crippen LogP contribution is 2.25. The number of aliphatic carboxylic acids is 1. The van der Waals surface area contributed by atoms with E-state index in [9.17, 15) is 19.7 Å². The van der Waals surface area contributed by atoms with Crippen LogP contribution in [-0.2, 0) is 9.53 Å². The van der Waals surface area contributed by atoms with E-state index in [1.807, 2.05) is 0 Å². The van der Waals surface area contributed by atoms with Crippen LogP contribution >= 0.6 is 0 Å². The molecule has 0 saturated heterocycles. The number of nitro benzene ring substituents is 1. The smallest absolute Gasteiger partial charge is 0.305 e. The maximum absolute atomic E-state index is 12.3. The number of rotatable bonds is 7. The average molecular weight is 311 g/mol. The number of nitrogens with one attached hydrogen (secondary N) is 1. The van der Waals surface area contributed by atoms with Gasteiger partial charge >= 0.3 is 5.97 Å². The molecule has 0 saturated carbocycles. The SMILES string of the molecule is COCC(C)(CC(=O)O)NC(=O)c1cccc([N+](=O)[O-])c1N. The maximum atomic E-state index is 12.3. The summed E-state index contributed by atoms with van der Waals surface area (Å²) in [5, 5.41) is 22.2. The van der Waals surface area contributed by atoms with Gasteiger partial charge in [0, 0.05) is 13.2 Å². The van der Waals surface area contributed by atoms with Gasteiger partial charge in [-0.05, 0) is 13.0 Å². The first kappa shape index (κ1) is 17.4. The lowest BCUT2D eigenvalue weighted by Crippen LogP contribution is -2.50. The Morgan fingerprint density at radius 2 is 2.14 bits per heavy atom. The second-order valence-electron chi connectivity index (χ2n) is 5.01. The van der Waals surface area contributed by atoms with Crippen molar-refractivity contribution in [2.24, 2.45) is 0 Å². The van der Waals surface area contributed by atoms with E-state index < -0.39 is 22.3 Å². The lowest BCUT2D eigenvalue weighted by Gasteiger charge is -2.28. The molecule has 4 N–H and O–H groups in total. The molecule has 120 valence electrons. The van der Waals surface area contributed by atoms with E-state index in [-0.39, 0.29) is 30.0 Å². The summed E-state index contributed by atoms with van der Waals surface area (Å²) in [6.45, 7) is 1.45. The number of hydrogen-bond acceptors (Lipinski definition) is 6. The van der Waals surface area contributed by atoms with Crippen molar-refractivity contribution in [3.8, 4) is 0 Å². The molecule has 1 unspecified atom stereocenters. The molecule has 1 rings (SSSR count). The first-order valence-corrected chi connectivity index (χ1v) is 6.26. The van der Waals surface area contributed by atoms with E-state index in [2.05, 4.69) is 5.32 Å². The van der Waals surface area contributed by atoms with Crippen LogP contribution in [0.4, 0.5) is 11.4 Å². The van der Waals surface area contributed by atoms with Crippen molar-refractivity contribution >= 4 is 23.3 Å². The fourth-order valence-electron chi connectivity index (χ4n) is 2.04. The summed E-state index contributed by atoms with van der Waals surface area (Å²) in [4.78, 5) is 33.3. The van der Waals surface area contributed by atoms with E-state index >= 15 is 0 Å². The summed E-state index contributed by atoms with van der Waals surface area (Å²) in [6.07, 6.45) is -0.374. The zero-order chi connectivity index (χ0) is 16.9. The molecule has 9 nitrogen and oxygen atoms in total. The maximum Gasteiger partial charge on any atom is 0.305 e. The molecule has 9 heteroatoms. The Bertz CT molecular complexity index is 603. The number of benzene rings is 1. The van der Waals surface area contributed by atoms with Gasteiger partial charge in [-0.2, -0.15) is 0 Å². The number of ether oxygens (including phenoxy) is 1. The molecule has 0 radical (unpaired) electrons. The zero-order valence-corrected chi connectivity index (χ0v) is 12.2. The van der Waals surface area contributed by atoms with Gasteiger partial charge < -0.3 is 20.9 Å². The molecule has 0 aliphatic rings. The van der Waals surface area contributed by atoms with Crippen LogP contribution in [0.1, 0.15) is 23.7 Å². The molecule has 0 aromatic heterocycles. The third-order valence-electron chi connectivity index (χ3n) is 2.94. The predicted octanol–water partition coefficient (Wildman–Crippen LogP) is 0.787. The topological polar surface area (TPSA) is 145 Å². The van der Waals surface area contributed by atoms with Gasteiger partial charge in [0.15, 0.2) is 0 Å². The highest BCUT2D eigenvalue weighted by atomic mass is 16.6. The Labute approximate surface area is 126 Å². The van der Waals surface area contributed by atoms with Gasteiger partial charge in [0.25, 0.3) is 11.6 Å². The van der Waals surface area contributed by atoms with E-state index in [4.69, 9.17) is 15.6 Å². The zero-order valence-electron chi connectivity index (χ0n) is 12.2. The normalized spacial score (nSPS) is 13.2. The van der Waals surface area contributed by atoms with E-state index in [0.717, 1.165) is 0 Å². The van der Waals surface area contributed by atoms with Crippen LogP contribution in [0.3, 0.4) is 0 Å². The molecular formula is C13H17N3O6. The minimum absolute atomic E-state index is 0.0418. The quantitative estimate of drug-likeness (QED) is 0.383. The number of nitro groups is 1. The van der Waals surface area contributed by atoms with Crippen LogP contribution in [0.15, 0.2) is 18.2 Å². The Morgan fingerprint density at radius 1 is 1.50 bits per heavy atom. The van der Waals surface area contributed by atoms with Crippen molar-refractivity contribution in [2.75, 3.05) is 19.5 Å². The van der Waals surface area contributed by atoms with Crippen LogP contribution in [0.2, 0.25) is 0 Å². The Hall–Kier alpha value is -2.68. The van der Waals surface area contributed by atoms with Crippen LogP contribution < -0.4 is 11.1 Å². The molecule has 0 aliphatic heterocycles. The highest BCUT2D eigenvalue weighted by molar-refractivity contribution is 6.01. The summed E-state index contributed by atoms with van der Waals surface area (Å²) < 4.78 is 4.92. The highest BCUT2D eigenvalue weighted by Gasteiger charge is 2.31. The Kier molecular flexibility index (Phi) is 5.41. The number of para-hydroxylation sites is 1. The second-order valence-corrected chi connectivity index (χ2v) is 5.01. The summed E-state index contributed by atoms with van der Waals surface area (Å²) in [5.74, 6) is -1.83. The molecule has 22 heavy (non-hydrogen) atoms. The van der Waals surface area contributed by atoms with Crippen molar-refractivity contribution < 1.29 is 24.4 Å². The largest absolute Gasteiger partial charge is 0.481 e. The minimum atomic E-state index is -1.17. The summed E-state index contributed by atoms with van der Waals surface area (Å²) >= 11 is 0. The molecular weight excluding hydrogens is 294 g/mol. The van der Waals surface area contributed by atoms with Gasteiger partial charge in [-0.3, -0.25) is 19.7 Å². The first-order valence-electron chi connectivity index (χ1n) is 6.26. The predicted molar refractivity (Wildman–Crippen MR) is 77.5 cm³/mol. The summed E-state index contributed by atoms with van der Waals surface area (Å²) in [6, 6.07) is 3.83. The number of anilines is 1. The van der Waals surface area contributed by atoms with Gasteiger partial charge in [0.05, 0.1) is 29.1 Å².